The number of likely N-dealkylation sites (N-methyl/N-ethyl adjacent to an activating group) is 1. The second kappa shape index (κ2) is 6.89. The number of hydrogen-bond donors (Lipinski definition) is 2. The lowest BCUT2D eigenvalue weighted by Crippen LogP contribution is -2.45. The van der Waals surface area contributed by atoms with E-state index in [0.29, 0.717) is 16.6 Å². The summed E-state index contributed by atoms with van der Waals surface area (Å²) in [5.74, 6) is 0. The van der Waals surface area contributed by atoms with Gasteiger partial charge in [0.05, 0.1) is 27.7 Å². The van der Waals surface area contributed by atoms with E-state index in [1.54, 1.807) is 6.92 Å². The topological polar surface area (TPSA) is 124 Å². The predicted octanol–water partition coefficient (Wildman–Crippen LogP) is -1.56. The lowest BCUT2D eigenvalue weighted by molar-refractivity contribution is -0.873. The molecule has 0 saturated heterocycles. The maximum Gasteiger partial charge on any atom is 0.328 e. The van der Waals surface area contributed by atoms with Gasteiger partial charge in [0.2, 0.25) is 0 Å². The molecule has 2 atom stereocenters. The van der Waals surface area contributed by atoms with Gasteiger partial charge in [-0.05, 0) is 6.92 Å². The minimum absolute atomic E-state index is 0.0615. The summed E-state index contributed by atoms with van der Waals surface area (Å²) in [5.41, 5.74) is -0.704. The zero-order chi connectivity index (χ0) is 17.1. The van der Waals surface area contributed by atoms with E-state index in [-0.39, 0.29) is 6.54 Å². The molecule has 22 heavy (non-hydrogen) atoms. The van der Waals surface area contributed by atoms with Crippen molar-refractivity contribution in [2.75, 3.05) is 34.0 Å². The van der Waals surface area contributed by atoms with Crippen LogP contribution in [0.5, 0.6) is 0 Å². The van der Waals surface area contributed by atoms with Crippen LogP contribution < -0.4 is 16.1 Å². The van der Waals surface area contributed by atoms with Crippen LogP contribution in [0, 0.1) is 6.92 Å². The number of aromatic nitrogens is 2. The van der Waals surface area contributed by atoms with Crippen molar-refractivity contribution >= 4 is 7.60 Å². The zero-order valence-electron chi connectivity index (χ0n) is 13.1. The monoisotopic (exact) mass is 335 g/mol. The molecule has 0 spiro atoms. The van der Waals surface area contributed by atoms with Crippen molar-refractivity contribution in [2.45, 2.75) is 19.6 Å². The molecular formula is C12H22N3O6P. The van der Waals surface area contributed by atoms with Gasteiger partial charge in [0.25, 0.3) is 5.56 Å². The average molecular weight is 335 g/mol. The first-order chi connectivity index (χ1) is 9.87. The average Bonchev–Trinajstić information content (AvgIpc) is 2.30. The van der Waals surface area contributed by atoms with E-state index in [1.165, 1.54) is 10.8 Å². The molecule has 9 nitrogen and oxygen atoms in total. The highest BCUT2D eigenvalue weighted by molar-refractivity contribution is 7.50. The summed E-state index contributed by atoms with van der Waals surface area (Å²) in [6.45, 7) is 2.03. The molecule has 0 aliphatic carbocycles. The molecule has 0 fully saturated rings. The van der Waals surface area contributed by atoms with Crippen molar-refractivity contribution in [3.05, 3.63) is 32.6 Å². The molecule has 0 bridgehead atoms. The van der Waals surface area contributed by atoms with Crippen LogP contribution in [0.4, 0.5) is 0 Å². The number of rotatable bonds is 7. The summed E-state index contributed by atoms with van der Waals surface area (Å²) in [4.78, 5) is 45.0. The van der Waals surface area contributed by atoms with Gasteiger partial charge in [0, 0.05) is 11.8 Å². The molecule has 1 aromatic rings. The van der Waals surface area contributed by atoms with E-state index in [0.717, 1.165) is 0 Å². The molecule has 10 heteroatoms. The Morgan fingerprint density at radius 3 is 2.55 bits per heavy atom. The van der Waals surface area contributed by atoms with Crippen LogP contribution in [0.3, 0.4) is 0 Å². The summed E-state index contributed by atoms with van der Waals surface area (Å²) in [6, 6.07) is 0. The molecule has 0 aromatic carbocycles. The molecule has 0 amide bonds. The van der Waals surface area contributed by atoms with Crippen molar-refractivity contribution in [2.24, 2.45) is 0 Å². The van der Waals surface area contributed by atoms with E-state index in [9.17, 15) is 19.0 Å². The van der Waals surface area contributed by atoms with E-state index >= 15 is 0 Å². The molecule has 2 unspecified atom stereocenters. The first kappa shape index (κ1) is 18.8. The third-order valence-corrected chi connectivity index (χ3v) is 3.29. The van der Waals surface area contributed by atoms with Gasteiger partial charge in [-0.2, -0.15) is 0 Å². The fourth-order valence-corrected chi connectivity index (χ4v) is 2.35. The van der Waals surface area contributed by atoms with Gasteiger partial charge in [-0.3, -0.25) is 14.3 Å². The van der Waals surface area contributed by atoms with Gasteiger partial charge in [-0.25, -0.2) is 4.79 Å². The Balaban J connectivity index is 2.97. The summed E-state index contributed by atoms with van der Waals surface area (Å²) < 4.78 is 17.8. The van der Waals surface area contributed by atoms with Crippen LogP contribution in [-0.4, -0.2) is 59.1 Å². The lowest BCUT2D eigenvalue weighted by atomic mass is 10.3. The maximum absolute atomic E-state index is 11.8. The highest BCUT2D eigenvalue weighted by Gasteiger charge is 2.21. The van der Waals surface area contributed by atoms with E-state index in [2.05, 4.69) is 4.98 Å². The van der Waals surface area contributed by atoms with Crippen LogP contribution >= 0.6 is 7.60 Å². The second-order valence-electron chi connectivity index (χ2n) is 6.25. The van der Waals surface area contributed by atoms with Gasteiger partial charge in [-0.1, -0.05) is 0 Å². The summed E-state index contributed by atoms with van der Waals surface area (Å²) >= 11 is 0. The smallest absolute Gasteiger partial charge is 0.328 e. The Hall–Kier alpha value is -1.25. The number of nitrogens with one attached hydrogen (secondary N) is 1. The second-order valence-corrected chi connectivity index (χ2v) is 7.78. The molecule has 1 heterocycles. The fraction of sp³-hybridized carbons (Fsp3) is 0.667. The minimum atomic E-state index is -4.54. The van der Waals surface area contributed by atoms with E-state index in [4.69, 9.17) is 9.63 Å². The number of nitrogens with zero attached hydrogens (tertiary/aromatic N) is 2. The first-order valence-electron chi connectivity index (χ1n) is 6.63. The normalized spacial score (nSPS) is 16.3. The van der Waals surface area contributed by atoms with Crippen molar-refractivity contribution in [1.29, 1.82) is 0 Å². The fourth-order valence-electron chi connectivity index (χ4n) is 1.95. The van der Waals surface area contributed by atoms with Gasteiger partial charge < -0.3 is 23.6 Å². The Kier molecular flexibility index (Phi) is 5.89. The SMILES string of the molecule is Cc1cn(CC(C[N+](C)(C)C)OCP(=O)([O-])O)c(=O)[nH]c1=O. The molecule has 0 radical (unpaired) electrons. The van der Waals surface area contributed by atoms with Gasteiger partial charge in [-0.15, -0.1) is 0 Å². The largest absolute Gasteiger partial charge is 0.777 e. The third-order valence-electron chi connectivity index (χ3n) is 2.81. The van der Waals surface area contributed by atoms with Crippen LogP contribution in [-0.2, 0) is 15.8 Å². The number of ether oxygens (including phenoxy) is 1. The van der Waals surface area contributed by atoms with Crippen LogP contribution in [0.1, 0.15) is 5.56 Å². The Morgan fingerprint density at radius 2 is 2.05 bits per heavy atom. The number of aromatic amines is 1. The number of hydrogen-bond acceptors (Lipinski definition) is 5. The minimum Gasteiger partial charge on any atom is -0.777 e. The standard InChI is InChI=1S/C12H22N3O6P/c1-9-5-14(12(17)13-11(9)16)6-10(7-15(2,3)4)21-8-22(18,19)20/h5,10H,6-8H2,1-4H3,(H2-,13,16,17,18,19,20). The lowest BCUT2D eigenvalue weighted by Gasteiger charge is -2.30. The number of quaternary nitrogens is 1. The Labute approximate surface area is 127 Å². The zero-order valence-corrected chi connectivity index (χ0v) is 14.0. The molecule has 0 aliphatic heterocycles. The van der Waals surface area contributed by atoms with Crippen molar-refractivity contribution in [3.63, 3.8) is 0 Å². The third kappa shape index (κ3) is 6.67. The summed E-state index contributed by atoms with van der Waals surface area (Å²) in [7, 11) is 1.10. The van der Waals surface area contributed by atoms with Crippen LogP contribution in [0.15, 0.2) is 15.8 Å². The molecule has 1 rings (SSSR count). The molecule has 0 aliphatic rings. The van der Waals surface area contributed by atoms with Gasteiger partial charge in [0.15, 0.2) is 7.60 Å². The highest BCUT2D eigenvalue weighted by Crippen LogP contribution is 2.29. The summed E-state index contributed by atoms with van der Waals surface area (Å²) in [5, 5.41) is 0. The number of H-pyrrole nitrogens is 1. The van der Waals surface area contributed by atoms with E-state index in [1.807, 2.05) is 21.1 Å². The summed E-state index contributed by atoms with van der Waals surface area (Å²) in [6.07, 6.45) is -0.0602. The Morgan fingerprint density at radius 1 is 1.45 bits per heavy atom. The van der Waals surface area contributed by atoms with Crippen LogP contribution in [0.25, 0.3) is 0 Å². The molecule has 126 valence electrons. The molecular weight excluding hydrogens is 313 g/mol. The molecule has 1 aromatic heterocycles. The molecule has 0 saturated carbocycles. The Bertz CT molecular complexity index is 669. The predicted molar refractivity (Wildman–Crippen MR) is 78.5 cm³/mol. The number of aryl methyl sites for hydroxylation is 1. The highest BCUT2D eigenvalue weighted by atomic mass is 31.2. The maximum atomic E-state index is 11.8. The van der Waals surface area contributed by atoms with Crippen molar-refractivity contribution in [3.8, 4) is 0 Å². The van der Waals surface area contributed by atoms with Gasteiger partial charge >= 0.3 is 5.69 Å². The van der Waals surface area contributed by atoms with Crippen molar-refractivity contribution < 1.29 is 23.6 Å². The quantitative estimate of drug-likeness (QED) is 0.459. The first-order valence-corrected chi connectivity index (χ1v) is 8.39. The van der Waals surface area contributed by atoms with Crippen LogP contribution in [0.2, 0.25) is 0 Å². The van der Waals surface area contributed by atoms with Crippen molar-refractivity contribution in [1.82, 2.24) is 9.55 Å². The van der Waals surface area contributed by atoms with Gasteiger partial charge in [0.1, 0.15) is 19.0 Å². The van der Waals surface area contributed by atoms with E-state index < -0.39 is 31.3 Å². The molecule has 2 N–H and O–H groups in total.